The van der Waals surface area contributed by atoms with Gasteiger partial charge in [-0.3, -0.25) is 9.89 Å². The number of hydrogen-bond donors (Lipinski definition) is 3. The van der Waals surface area contributed by atoms with Gasteiger partial charge in [0.2, 0.25) is 11.8 Å². The van der Waals surface area contributed by atoms with E-state index in [-0.39, 0.29) is 24.2 Å². The van der Waals surface area contributed by atoms with Gasteiger partial charge in [-0.05, 0) is 6.92 Å². The van der Waals surface area contributed by atoms with Crippen molar-refractivity contribution in [1.29, 1.82) is 0 Å². The quantitative estimate of drug-likeness (QED) is 0.569. The number of aromatic nitrogens is 3. The summed E-state index contributed by atoms with van der Waals surface area (Å²) < 4.78 is 0. The van der Waals surface area contributed by atoms with Crippen molar-refractivity contribution in [2.24, 2.45) is 0 Å². The maximum Gasteiger partial charge on any atom is 0.291 e. The second kappa shape index (κ2) is 4.05. The molecule has 0 saturated carbocycles. The Morgan fingerprint density at radius 3 is 2.86 bits per heavy atom. The number of carbonyl (C=O) groups excluding carboxylic acids is 1. The van der Waals surface area contributed by atoms with Crippen molar-refractivity contribution in [3.63, 3.8) is 0 Å². The molecule has 1 aromatic heterocycles. The summed E-state index contributed by atoms with van der Waals surface area (Å²) >= 11 is 0. The molecule has 7 heteroatoms. The molecule has 1 heterocycles. The molecule has 78 valence electrons. The highest BCUT2D eigenvalue weighted by molar-refractivity contribution is 5.90. The molecule has 0 spiro atoms. The first-order chi connectivity index (χ1) is 6.50. The third-order valence-corrected chi connectivity index (χ3v) is 1.59. The molecule has 0 aliphatic carbocycles. The number of likely N-dealkylation sites (N-methyl/N-ethyl adjacent to an activating group) is 1. The number of nitrogen functional groups attached to an aromatic ring is 1. The lowest BCUT2D eigenvalue weighted by Gasteiger charge is -2.16. The minimum Gasteiger partial charge on any atom is -0.392 e. The number of nitrogens with zero attached hydrogens (tertiary/aromatic N) is 3. The number of anilines is 1. The van der Waals surface area contributed by atoms with Crippen molar-refractivity contribution in [1.82, 2.24) is 20.1 Å². The van der Waals surface area contributed by atoms with E-state index in [1.807, 2.05) is 0 Å². The second-order valence-corrected chi connectivity index (χ2v) is 3.08. The first-order valence-electron chi connectivity index (χ1n) is 4.12. The number of rotatable bonds is 3. The van der Waals surface area contributed by atoms with Gasteiger partial charge in [0.15, 0.2) is 0 Å². The summed E-state index contributed by atoms with van der Waals surface area (Å²) in [6.45, 7) is 1.83. The molecular weight excluding hydrogens is 186 g/mol. The largest absolute Gasteiger partial charge is 0.392 e. The van der Waals surface area contributed by atoms with Crippen LogP contribution in [0.3, 0.4) is 0 Å². The Bertz CT molecular complexity index is 322. The van der Waals surface area contributed by atoms with Gasteiger partial charge in [-0.25, -0.2) is 0 Å². The van der Waals surface area contributed by atoms with Crippen LogP contribution >= 0.6 is 0 Å². The number of amides is 1. The molecule has 0 aliphatic rings. The Morgan fingerprint density at radius 1 is 1.79 bits per heavy atom. The van der Waals surface area contributed by atoms with Gasteiger partial charge in [-0.15, -0.1) is 5.10 Å². The molecule has 7 nitrogen and oxygen atoms in total. The fourth-order valence-corrected chi connectivity index (χ4v) is 1.03. The van der Waals surface area contributed by atoms with E-state index < -0.39 is 6.10 Å². The zero-order chi connectivity index (χ0) is 10.7. The summed E-state index contributed by atoms with van der Waals surface area (Å²) in [5, 5.41) is 15.0. The van der Waals surface area contributed by atoms with Crippen molar-refractivity contribution in [3.05, 3.63) is 5.82 Å². The SMILES string of the molecule is CC(O)CN(C)C(=O)c1nc(N)n[nH]1. The van der Waals surface area contributed by atoms with Crippen LogP contribution in [0.4, 0.5) is 5.95 Å². The summed E-state index contributed by atoms with van der Waals surface area (Å²) in [5.41, 5.74) is 5.24. The van der Waals surface area contributed by atoms with Crippen LogP contribution in [0.1, 0.15) is 17.5 Å². The van der Waals surface area contributed by atoms with Gasteiger partial charge in [-0.2, -0.15) is 4.98 Å². The van der Waals surface area contributed by atoms with Crippen LogP contribution in [0.5, 0.6) is 0 Å². The molecule has 1 atom stereocenters. The highest BCUT2D eigenvalue weighted by atomic mass is 16.3. The number of aromatic amines is 1. The molecular formula is C7H13N5O2. The first kappa shape index (κ1) is 10.5. The van der Waals surface area contributed by atoms with Crippen molar-refractivity contribution >= 4 is 11.9 Å². The number of carbonyl (C=O) groups is 1. The molecule has 0 fully saturated rings. The van der Waals surface area contributed by atoms with E-state index in [2.05, 4.69) is 15.2 Å². The number of aliphatic hydroxyl groups is 1. The Hall–Kier alpha value is -1.63. The maximum atomic E-state index is 11.5. The van der Waals surface area contributed by atoms with E-state index in [0.29, 0.717) is 0 Å². The van der Waals surface area contributed by atoms with Gasteiger partial charge in [0.1, 0.15) is 0 Å². The number of aliphatic hydroxyl groups excluding tert-OH is 1. The van der Waals surface area contributed by atoms with Crippen LogP contribution in [-0.2, 0) is 0 Å². The van der Waals surface area contributed by atoms with Crippen LogP contribution in [0.2, 0.25) is 0 Å². The van der Waals surface area contributed by atoms with Crippen LogP contribution in [0.15, 0.2) is 0 Å². The number of H-pyrrole nitrogens is 1. The number of nitrogens with one attached hydrogen (secondary N) is 1. The Morgan fingerprint density at radius 2 is 2.43 bits per heavy atom. The van der Waals surface area contributed by atoms with Gasteiger partial charge >= 0.3 is 0 Å². The van der Waals surface area contributed by atoms with E-state index in [1.54, 1.807) is 14.0 Å². The third-order valence-electron chi connectivity index (χ3n) is 1.59. The van der Waals surface area contributed by atoms with Crippen molar-refractivity contribution in [2.45, 2.75) is 13.0 Å². The fraction of sp³-hybridized carbons (Fsp3) is 0.571. The molecule has 1 rings (SSSR count). The summed E-state index contributed by atoms with van der Waals surface area (Å²) in [6.07, 6.45) is -0.579. The fourth-order valence-electron chi connectivity index (χ4n) is 1.03. The van der Waals surface area contributed by atoms with Crippen molar-refractivity contribution in [3.8, 4) is 0 Å². The normalized spacial score (nSPS) is 12.5. The molecule has 4 N–H and O–H groups in total. The van der Waals surface area contributed by atoms with E-state index in [1.165, 1.54) is 4.90 Å². The molecule has 1 aromatic rings. The van der Waals surface area contributed by atoms with Gasteiger partial charge in [-0.1, -0.05) is 0 Å². The maximum absolute atomic E-state index is 11.5. The zero-order valence-electron chi connectivity index (χ0n) is 8.06. The van der Waals surface area contributed by atoms with Gasteiger partial charge < -0.3 is 15.7 Å². The van der Waals surface area contributed by atoms with Crippen molar-refractivity contribution in [2.75, 3.05) is 19.3 Å². The predicted molar refractivity (Wildman–Crippen MR) is 49.4 cm³/mol. The molecule has 14 heavy (non-hydrogen) atoms. The smallest absolute Gasteiger partial charge is 0.291 e. The van der Waals surface area contributed by atoms with Gasteiger partial charge in [0.25, 0.3) is 5.91 Å². The van der Waals surface area contributed by atoms with Crippen LogP contribution in [0.25, 0.3) is 0 Å². The van der Waals surface area contributed by atoms with E-state index in [4.69, 9.17) is 10.8 Å². The summed E-state index contributed by atoms with van der Waals surface area (Å²) in [7, 11) is 1.56. The lowest BCUT2D eigenvalue weighted by atomic mass is 10.3. The second-order valence-electron chi connectivity index (χ2n) is 3.08. The highest BCUT2D eigenvalue weighted by Crippen LogP contribution is 1.99. The van der Waals surface area contributed by atoms with Gasteiger partial charge in [0.05, 0.1) is 6.10 Å². The molecule has 0 bridgehead atoms. The van der Waals surface area contributed by atoms with Gasteiger partial charge in [0, 0.05) is 13.6 Å². The molecule has 0 radical (unpaired) electrons. The third kappa shape index (κ3) is 2.43. The molecule has 0 aromatic carbocycles. The van der Waals surface area contributed by atoms with E-state index in [9.17, 15) is 4.79 Å². The zero-order valence-corrected chi connectivity index (χ0v) is 8.06. The number of hydrogen-bond acceptors (Lipinski definition) is 5. The van der Waals surface area contributed by atoms with Crippen molar-refractivity contribution < 1.29 is 9.90 Å². The average Bonchev–Trinajstić information content (AvgIpc) is 2.49. The molecule has 1 amide bonds. The lowest BCUT2D eigenvalue weighted by Crippen LogP contribution is -2.33. The predicted octanol–water partition coefficient (Wildman–Crippen LogP) is -1.16. The Kier molecular flexibility index (Phi) is 3.03. The summed E-state index contributed by atoms with van der Waals surface area (Å²) in [4.78, 5) is 16.5. The highest BCUT2D eigenvalue weighted by Gasteiger charge is 2.16. The van der Waals surface area contributed by atoms with E-state index >= 15 is 0 Å². The molecule has 1 unspecified atom stereocenters. The lowest BCUT2D eigenvalue weighted by molar-refractivity contribution is 0.0692. The minimum absolute atomic E-state index is 0.0267. The van der Waals surface area contributed by atoms with Crippen LogP contribution in [-0.4, -0.2) is 50.8 Å². The topological polar surface area (TPSA) is 108 Å². The first-order valence-corrected chi connectivity index (χ1v) is 4.12. The van der Waals surface area contributed by atoms with Crippen LogP contribution in [0, 0.1) is 0 Å². The monoisotopic (exact) mass is 199 g/mol. The molecule has 0 saturated heterocycles. The Labute approximate surface area is 80.9 Å². The molecule has 0 aliphatic heterocycles. The van der Waals surface area contributed by atoms with E-state index in [0.717, 1.165) is 0 Å². The summed E-state index contributed by atoms with van der Waals surface area (Å²) in [5.74, 6) is -0.250. The minimum atomic E-state index is -0.579. The van der Waals surface area contributed by atoms with Crippen LogP contribution < -0.4 is 5.73 Å². The summed E-state index contributed by atoms with van der Waals surface area (Å²) in [6, 6.07) is 0. The standard InChI is InChI=1S/C7H13N5O2/c1-4(13)3-12(2)6(14)5-9-7(8)11-10-5/h4,13H,3H2,1-2H3,(H3,8,9,10,11). The Balaban J connectivity index is 2.65. The average molecular weight is 199 g/mol. The number of nitrogens with two attached hydrogens (primary N) is 1.